The van der Waals surface area contributed by atoms with Crippen molar-refractivity contribution in [2.24, 2.45) is 4.99 Å². The summed E-state index contributed by atoms with van der Waals surface area (Å²) in [6, 6.07) is 16.5. The summed E-state index contributed by atoms with van der Waals surface area (Å²) in [4.78, 5) is 31.1. The fourth-order valence-electron chi connectivity index (χ4n) is 3.62. The van der Waals surface area contributed by atoms with Gasteiger partial charge in [-0.15, -0.1) is 0 Å². The summed E-state index contributed by atoms with van der Waals surface area (Å²) in [6.07, 6.45) is 5.56. The van der Waals surface area contributed by atoms with Gasteiger partial charge in [-0.05, 0) is 36.3 Å². The molecule has 0 fully saturated rings. The predicted molar refractivity (Wildman–Crippen MR) is 125 cm³/mol. The van der Waals surface area contributed by atoms with Crippen molar-refractivity contribution in [2.45, 2.75) is 13.0 Å². The first-order valence-corrected chi connectivity index (χ1v) is 10.8. The smallest absolute Gasteiger partial charge is 0.338 e. The summed E-state index contributed by atoms with van der Waals surface area (Å²) in [5.41, 5.74) is 2.48. The summed E-state index contributed by atoms with van der Waals surface area (Å²) < 4.78 is 12.4. The Kier molecular flexibility index (Phi) is 6.18. The number of methoxy groups -OCH3 is 2. The van der Waals surface area contributed by atoms with Crippen molar-refractivity contribution in [1.29, 1.82) is 0 Å². The maximum Gasteiger partial charge on any atom is 0.338 e. The molecule has 0 radical (unpaired) electrons. The molecule has 162 valence electrons. The van der Waals surface area contributed by atoms with Crippen molar-refractivity contribution in [3.05, 3.63) is 103 Å². The lowest BCUT2D eigenvalue weighted by Gasteiger charge is -2.24. The molecule has 0 aliphatic carbocycles. The number of ether oxygens (including phenoxy) is 2. The van der Waals surface area contributed by atoms with E-state index in [1.807, 2.05) is 54.6 Å². The van der Waals surface area contributed by atoms with Crippen molar-refractivity contribution >= 4 is 29.5 Å². The average Bonchev–Trinajstić information content (AvgIpc) is 3.13. The topological polar surface area (TPSA) is 69.9 Å². The molecule has 6 nitrogen and oxygen atoms in total. The van der Waals surface area contributed by atoms with Crippen molar-refractivity contribution < 1.29 is 14.3 Å². The second-order valence-electron chi connectivity index (χ2n) is 7.14. The Hall–Kier alpha value is -3.71. The van der Waals surface area contributed by atoms with Crippen LogP contribution in [0.3, 0.4) is 0 Å². The molecule has 1 atom stereocenters. The van der Waals surface area contributed by atoms with Gasteiger partial charge in [0.05, 0.1) is 36.1 Å². The van der Waals surface area contributed by atoms with E-state index in [0.29, 0.717) is 26.4 Å². The number of carbonyl (C=O) groups is 1. The van der Waals surface area contributed by atoms with E-state index < -0.39 is 12.0 Å². The van der Waals surface area contributed by atoms with E-state index >= 15 is 0 Å². The van der Waals surface area contributed by atoms with E-state index in [2.05, 4.69) is 4.99 Å². The number of carbonyl (C=O) groups excluding carboxylic acids is 1. The minimum absolute atomic E-state index is 0.207. The molecule has 32 heavy (non-hydrogen) atoms. The highest BCUT2D eigenvalue weighted by Gasteiger charge is 2.32. The third kappa shape index (κ3) is 4.07. The molecule has 0 bridgehead atoms. The molecule has 7 heteroatoms. The minimum atomic E-state index is -0.634. The molecular weight excluding hydrogens is 424 g/mol. The van der Waals surface area contributed by atoms with Crippen LogP contribution in [0.2, 0.25) is 0 Å². The van der Waals surface area contributed by atoms with Crippen molar-refractivity contribution in [3.8, 4) is 5.75 Å². The zero-order valence-corrected chi connectivity index (χ0v) is 18.8. The van der Waals surface area contributed by atoms with E-state index in [-0.39, 0.29) is 5.56 Å². The van der Waals surface area contributed by atoms with Crippen LogP contribution >= 0.6 is 11.3 Å². The summed E-state index contributed by atoms with van der Waals surface area (Å²) >= 11 is 1.29. The molecule has 1 aliphatic rings. The van der Waals surface area contributed by atoms with E-state index in [9.17, 15) is 9.59 Å². The number of fused-ring (bicyclic) bond motifs is 1. The van der Waals surface area contributed by atoms with Crippen LogP contribution in [0.25, 0.3) is 12.2 Å². The Morgan fingerprint density at radius 2 is 1.81 bits per heavy atom. The van der Waals surface area contributed by atoms with Crippen LogP contribution in [-0.4, -0.2) is 24.8 Å². The third-order valence-electron chi connectivity index (χ3n) is 5.19. The fraction of sp³-hybridized carbons (Fsp3) is 0.160. The van der Waals surface area contributed by atoms with Gasteiger partial charge in [-0.2, -0.15) is 0 Å². The minimum Gasteiger partial charge on any atom is -0.497 e. The van der Waals surface area contributed by atoms with Gasteiger partial charge in [0.25, 0.3) is 5.56 Å². The Labute approximate surface area is 189 Å². The fourth-order valence-corrected chi connectivity index (χ4v) is 4.62. The molecule has 1 aromatic heterocycles. The Morgan fingerprint density at radius 1 is 1.09 bits per heavy atom. The largest absolute Gasteiger partial charge is 0.497 e. The monoisotopic (exact) mass is 446 g/mol. The molecule has 0 N–H and O–H groups in total. The second-order valence-corrected chi connectivity index (χ2v) is 8.15. The maximum atomic E-state index is 13.4. The first-order valence-electron chi connectivity index (χ1n) is 10.00. The van der Waals surface area contributed by atoms with Crippen LogP contribution in [0.15, 0.2) is 81.7 Å². The van der Waals surface area contributed by atoms with Gasteiger partial charge in [-0.25, -0.2) is 9.79 Å². The van der Waals surface area contributed by atoms with Crippen LogP contribution in [0, 0.1) is 0 Å². The van der Waals surface area contributed by atoms with Gasteiger partial charge in [0.1, 0.15) is 5.75 Å². The van der Waals surface area contributed by atoms with Gasteiger partial charge >= 0.3 is 5.97 Å². The standard InChI is InChI=1S/C25H22N2O4S/c1-16-21(24(29)31-3)22(18-12-14-19(30-2)15-13-18)27-23(28)20(32-25(27)26-16)11-7-10-17-8-5-4-6-9-17/h4-15,22H,1-3H3. The summed E-state index contributed by atoms with van der Waals surface area (Å²) in [6.45, 7) is 1.76. The molecule has 1 aliphatic heterocycles. The van der Waals surface area contributed by atoms with E-state index in [4.69, 9.17) is 9.47 Å². The maximum absolute atomic E-state index is 13.4. The molecule has 4 rings (SSSR count). The molecule has 2 aromatic carbocycles. The number of hydrogen-bond donors (Lipinski definition) is 0. The number of nitrogens with zero attached hydrogens (tertiary/aromatic N) is 2. The SMILES string of the molecule is COC(=O)C1=C(C)N=c2sc(=CC=Cc3ccccc3)c(=O)n2C1c1ccc(OC)cc1. The molecule has 0 amide bonds. The number of benzene rings is 2. The van der Waals surface area contributed by atoms with Gasteiger partial charge in [0.2, 0.25) is 0 Å². The number of thiazole rings is 1. The normalized spacial score (nSPS) is 16.1. The highest BCUT2D eigenvalue weighted by molar-refractivity contribution is 7.07. The highest BCUT2D eigenvalue weighted by atomic mass is 32.1. The van der Waals surface area contributed by atoms with Gasteiger partial charge in [0.15, 0.2) is 4.80 Å². The van der Waals surface area contributed by atoms with Crippen LogP contribution in [0.1, 0.15) is 24.1 Å². The lowest BCUT2D eigenvalue weighted by atomic mass is 9.96. The first-order chi connectivity index (χ1) is 15.5. The summed E-state index contributed by atoms with van der Waals surface area (Å²) in [5, 5.41) is 0. The average molecular weight is 447 g/mol. The lowest BCUT2D eigenvalue weighted by molar-refractivity contribution is -0.136. The number of allylic oxidation sites excluding steroid dienone is 2. The van der Waals surface area contributed by atoms with Crippen molar-refractivity contribution in [2.75, 3.05) is 14.2 Å². The van der Waals surface area contributed by atoms with Crippen LogP contribution in [-0.2, 0) is 9.53 Å². The molecule has 0 saturated carbocycles. The predicted octanol–water partition coefficient (Wildman–Crippen LogP) is 3.08. The first kappa shape index (κ1) is 21.5. The van der Waals surface area contributed by atoms with Gasteiger partial charge in [-0.3, -0.25) is 9.36 Å². The van der Waals surface area contributed by atoms with Gasteiger partial charge in [0, 0.05) is 0 Å². The Bertz CT molecular complexity index is 1380. The van der Waals surface area contributed by atoms with Crippen LogP contribution in [0.4, 0.5) is 0 Å². The van der Waals surface area contributed by atoms with Crippen LogP contribution in [0.5, 0.6) is 5.75 Å². The second kappa shape index (κ2) is 9.20. The number of esters is 1. The quantitative estimate of drug-likeness (QED) is 0.565. The molecule has 0 saturated heterocycles. The van der Waals surface area contributed by atoms with E-state index in [1.54, 1.807) is 36.8 Å². The van der Waals surface area contributed by atoms with E-state index in [1.165, 1.54) is 18.4 Å². The summed E-state index contributed by atoms with van der Waals surface area (Å²) in [5.74, 6) is 0.179. The molecular formula is C25H22N2O4S. The van der Waals surface area contributed by atoms with E-state index in [0.717, 1.165) is 11.1 Å². The third-order valence-corrected chi connectivity index (χ3v) is 6.20. The van der Waals surface area contributed by atoms with Crippen molar-refractivity contribution in [3.63, 3.8) is 0 Å². The molecule has 1 unspecified atom stereocenters. The number of rotatable bonds is 5. The zero-order valence-electron chi connectivity index (χ0n) is 17.9. The molecule has 3 aromatic rings. The van der Waals surface area contributed by atoms with Gasteiger partial charge < -0.3 is 9.47 Å². The number of aromatic nitrogens is 1. The highest BCUT2D eigenvalue weighted by Crippen LogP contribution is 2.31. The Balaban J connectivity index is 1.86. The molecule has 0 spiro atoms. The zero-order chi connectivity index (χ0) is 22.7. The van der Waals surface area contributed by atoms with Gasteiger partial charge in [-0.1, -0.05) is 66.0 Å². The lowest BCUT2D eigenvalue weighted by Crippen LogP contribution is -2.39. The summed E-state index contributed by atoms with van der Waals surface area (Å²) in [7, 11) is 2.91. The van der Waals surface area contributed by atoms with Crippen LogP contribution < -0.4 is 19.6 Å². The van der Waals surface area contributed by atoms with Crippen molar-refractivity contribution in [1.82, 2.24) is 4.57 Å². The number of hydrogen-bond acceptors (Lipinski definition) is 6. The molecule has 2 heterocycles. The Morgan fingerprint density at radius 3 is 2.47 bits per heavy atom.